The van der Waals surface area contributed by atoms with E-state index in [9.17, 15) is 43.2 Å². The van der Waals surface area contributed by atoms with Gasteiger partial charge in [-0.15, -0.1) is 0 Å². The van der Waals surface area contributed by atoms with E-state index >= 15 is 0 Å². The third-order valence-electron chi connectivity index (χ3n) is 13.9. The van der Waals surface area contributed by atoms with Crippen LogP contribution in [0, 0.1) is 23.7 Å². The molecule has 4 aromatic carbocycles. The molecule has 4 rings (SSSR count). The van der Waals surface area contributed by atoms with Gasteiger partial charge in [-0.2, -0.15) is 0 Å². The quantitative estimate of drug-likeness (QED) is 0.0138. The van der Waals surface area contributed by atoms with Crippen molar-refractivity contribution in [2.24, 2.45) is 23.7 Å². The van der Waals surface area contributed by atoms with Gasteiger partial charge in [-0.1, -0.05) is 183 Å². The number of benzene rings is 4. The molecule has 0 saturated heterocycles. The lowest BCUT2D eigenvalue weighted by molar-refractivity contribution is -0.150. The third-order valence-corrected chi connectivity index (χ3v) is 13.9. The van der Waals surface area contributed by atoms with E-state index in [0.717, 1.165) is 11.1 Å². The molecule has 20 nitrogen and oxygen atoms in total. The summed E-state index contributed by atoms with van der Waals surface area (Å²) in [5, 5.41) is 22.2. The van der Waals surface area contributed by atoms with Gasteiger partial charge in [0.2, 0.25) is 41.4 Å². The summed E-state index contributed by atoms with van der Waals surface area (Å²) in [6.45, 7) is 21.4. The van der Waals surface area contributed by atoms with Crippen molar-refractivity contribution in [2.75, 3.05) is 0 Å². The SMILES string of the molecule is CC[C@H](C)[C@H](NC(=O)OC(C)(C)C)C(=O)N[C@@H](CC(C)C)NC(=O)CC(=O)N[C@@H](Cc1ccccc1)C(=O)N[C@H](C(=O)N[C@@H](Cc1ccccc1)C(=O)N[C@H](C(=O)N[C@@H](CC(C)C)C(=O)OCc1ccccc1)[C@@H](C)OCc1ccccc1)C(C)C. The molecule has 20 heteroatoms. The van der Waals surface area contributed by atoms with Crippen LogP contribution in [0.1, 0.15) is 131 Å². The van der Waals surface area contributed by atoms with Gasteiger partial charge in [0.15, 0.2) is 0 Å². The zero-order chi connectivity index (χ0) is 63.5. The summed E-state index contributed by atoms with van der Waals surface area (Å²) >= 11 is 0. The van der Waals surface area contributed by atoms with Crippen LogP contribution in [0.15, 0.2) is 121 Å². The van der Waals surface area contributed by atoms with Crippen molar-refractivity contribution in [3.63, 3.8) is 0 Å². The van der Waals surface area contributed by atoms with Gasteiger partial charge in [0.05, 0.1) is 12.7 Å². The van der Waals surface area contributed by atoms with Crippen molar-refractivity contribution in [3.05, 3.63) is 144 Å². The van der Waals surface area contributed by atoms with Gasteiger partial charge >= 0.3 is 12.1 Å². The Hall–Kier alpha value is -8.13. The van der Waals surface area contributed by atoms with E-state index in [1.54, 1.807) is 109 Å². The first kappa shape index (κ1) is 70.4. The van der Waals surface area contributed by atoms with Crippen LogP contribution in [0.5, 0.6) is 0 Å². The monoisotopic (exact) mass is 1190 g/mol. The van der Waals surface area contributed by atoms with E-state index in [0.29, 0.717) is 17.5 Å². The van der Waals surface area contributed by atoms with E-state index in [-0.39, 0.29) is 56.7 Å². The second-order valence-corrected chi connectivity index (χ2v) is 24.0. The summed E-state index contributed by atoms with van der Waals surface area (Å²) in [6.07, 6.45) is -2.52. The highest BCUT2D eigenvalue weighted by molar-refractivity contribution is 6.00. The Morgan fingerprint density at radius 1 is 0.442 bits per heavy atom. The maximum Gasteiger partial charge on any atom is 0.408 e. The van der Waals surface area contributed by atoms with Crippen LogP contribution in [0.2, 0.25) is 0 Å². The van der Waals surface area contributed by atoms with Crippen molar-refractivity contribution in [1.82, 2.24) is 42.5 Å². The Balaban J connectivity index is 1.58. The molecule has 9 atom stereocenters. The fourth-order valence-electron chi connectivity index (χ4n) is 9.15. The highest BCUT2D eigenvalue weighted by atomic mass is 16.6. The first-order valence-corrected chi connectivity index (χ1v) is 29.8. The number of alkyl carbamates (subject to hydrolysis) is 1. The lowest BCUT2D eigenvalue weighted by Gasteiger charge is -2.30. The van der Waals surface area contributed by atoms with E-state index < -0.39 is 120 Å². The second kappa shape index (κ2) is 35.4. The van der Waals surface area contributed by atoms with E-state index in [1.165, 1.54) is 0 Å². The molecule has 0 spiro atoms. The fraction of sp³-hybridized carbons (Fsp3) is 0.500. The first-order valence-electron chi connectivity index (χ1n) is 29.8. The number of nitrogens with one attached hydrogen (secondary N) is 8. The molecule has 4 aromatic rings. The van der Waals surface area contributed by atoms with Crippen LogP contribution < -0.4 is 42.5 Å². The van der Waals surface area contributed by atoms with Crippen molar-refractivity contribution in [1.29, 1.82) is 0 Å². The fourth-order valence-corrected chi connectivity index (χ4v) is 9.15. The van der Waals surface area contributed by atoms with Gasteiger partial charge < -0.3 is 56.7 Å². The van der Waals surface area contributed by atoms with Crippen LogP contribution in [0.3, 0.4) is 0 Å². The van der Waals surface area contributed by atoms with Gasteiger partial charge in [-0.05, 0) is 86.5 Å². The largest absolute Gasteiger partial charge is 0.459 e. The molecular formula is C66H92N8O12. The topological polar surface area (TPSA) is 278 Å². The summed E-state index contributed by atoms with van der Waals surface area (Å²) in [6, 6.07) is 28.6. The summed E-state index contributed by atoms with van der Waals surface area (Å²) in [5.41, 5.74) is 2.05. The predicted molar refractivity (Wildman–Crippen MR) is 328 cm³/mol. The lowest BCUT2D eigenvalue weighted by atomic mass is 9.98. The minimum Gasteiger partial charge on any atom is -0.459 e. The van der Waals surface area contributed by atoms with Crippen molar-refractivity contribution >= 4 is 53.4 Å². The standard InChI is InChI=1S/C66H92N8O12/c1-13-44(8)57(74-65(83)86-66(10,11)12)62(80)71-53(35-42(4)5)70-55(76)38-54(75)67-50(36-46-26-18-14-19-27-46)59(77)72-56(43(6)7)61(79)68-51(37-47-28-20-15-21-29-47)60(78)73-58(45(9)84-39-48-30-22-16-23-31-48)63(81)69-52(34-41(2)3)64(82)85-40-49-32-24-17-25-33-49/h14-33,41-45,50-53,56-58H,13,34-40H2,1-12H3,(H,67,75)(H,68,79)(H,69,81)(H,70,76)(H,71,80)(H,72,77)(H,73,78)(H,74,83)/t44-,45+,50-,51-,52-,53-,56-,57-,58-/m0/s1. The average Bonchev–Trinajstić information content (AvgIpc) is 3.34. The number of esters is 1. The summed E-state index contributed by atoms with van der Waals surface area (Å²) < 4.78 is 17.3. The number of carbonyl (C=O) groups excluding carboxylic acids is 9. The third kappa shape index (κ3) is 25.6. The molecule has 0 unspecified atom stereocenters. The Labute approximate surface area is 507 Å². The molecule has 0 aliphatic carbocycles. The van der Waals surface area contributed by atoms with Gasteiger partial charge in [0.25, 0.3) is 0 Å². The molecule has 0 saturated carbocycles. The first-order chi connectivity index (χ1) is 40.7. The smallest absolute Gasteiger partial charge is 0.408 e. The number of hydrogen-bond acceptors (Lipinski definition) is 12. The second-order valence-electron chi connectivity index (χ2n) is 24.0. The predicted octanol–water partition coefficient (Wildman–Crippen LogP) is 6.88. The van der Waals surface area contributed by atoms with E-state index in [1.807, 2.05) is 95.3 Å². The normalized spacial score (nSPS) is 14.5. The number of carbonyl (C=O) groups is 9. The zero-order valence-electron chi connectivity index (χ0n) is 52.0. The number of rotatable bonds is 33. The number of hydrogen-bond donors (Lipinski definition) is 8. The Morgan fingerprint density at radius 2 is 0.872 bits per heavy atom. The summed E-state index contributed by atoms with van der Waals surface area (Å²) in [5.74, 6) is -6.82. The van der Waals surface area contributed by atoms with Crippen LogP contribution in [-0.4, -0.2) is 108 Å². The minimum absolute atomic E-state index is 0.0248. The number of amides is 8. The van der Waals surface area contributed by atoms with Gasteiger partial charge in [-0.3, -0.25) is 33.6 Å². The molecule has 0 heterocycles. The average molecular weight is 1190 g/mol. The van der Waals surface area contributed by atoms with Crippen molar-refractivity contribution < 1.29 is 57.4 Å². The van der Waals surface area contributed by atoms with Gasteiger partial charge in [-0.25, -0.2) is 9.59 Å². The van der Waals surface area contributed by atoms with Crippen LogP contribution >= 0.6 is 0 Å². The van der Waals surface area contributed by atoms with Crippen LogP contribution in [0.4, 0.5) is 4.79 Å². The molecule has 86 heavy (non-hydrogen) atoms. The van der Waals surface area contributed by atoms with Crippen LogP contribution in [-0.2, 0) is 78.6 Å². The molecule has 0 aromatic heterocycles. The van der Waals surface area contributed by atoms with Gasteiger partial charge in [0, 0.05) is 12.8 Å². The highest BCUT2D eigenvalue weighted by Crippen LogP contribution is 2.17. The summed E-state index contributed by atoms with van der Waals surface area (Å²) in [4.78, 5) is 126. The molecule has 8 amide bonds. The molecule has 0 bridgehead atoms. The summed E-state index contributed by atoms with van der Waals surface area (Å²) in [7, 11) is 0. The maximum atomic E-state index is 14.8. The zero-order valence-corrected chi connectivity index (χ0v) is 52.0. The molecule has 0 aliphatic heterocycles. The maximum absolute atomic E-state index is 14.8. The Kier molecular flexibility index (Phi) is 28.9. The molecule has 0 radical (unpaired) electrons. The Bertz CT molecular complexity index is 2800. The highest BCUT2D eigenvalue weighted by Gasteiger charge is 2.37. The van der Waals surface area contributed by atoms with E-state index in [2.05, 4.69) is 42.5 Å². The molecule has 8 N–H and O–H groups in total. The Morgan fingerprint density at radius 3 is 1.35 bits per heavy atom. The lowest BCUT2D eigenvalue weighted by Crippen LogP contribution is -2.62. The van der Waals surface area contributed by atoms with Gasteiger partial charge in [0.1, 0.15) is 61.0 Å². The molecule has 0 aliphatic rings. The van der Waals surface area contributed by atoms with Crippen molar-refractivity contribution in [2.45, 2.75) is 189 Å². The molecular weight excluding hydrogens is 1100 g/mol. The molecule has 0 fully saturated rings. The van der Waals surface area contributed by atoms with Crippen LogP contribution in [0.25, 0.3) is 0 Å². The number of ether oxygens (including phenoxy) is 3. The molecule has 468 valence electrons. The minimum atomic E-state index is -1.40. The van der Waals surface area contributed by atoms with Crippen molar-refractivity contribution in [3.8, 4) is 0 Å². The van der Waals surface area contributed by atoms with E-state index in [4.69, 9.17) is 14.2 Å².